The summed E-state index contributed by atoms with van der Waals surface area (Å²) in [6, 6.07) is 14.3. The van der Waals surface area contributed by atoms with Crippen molar-refractivity contribution < 1.29 is 19.1 Å². The maximum Gasteiger partial charge on any atom is 0.417 e. The molecule has 0 spiro atoms. The summed E-state index contributed by atoms with van der Waals surface area (Å²) < 4.78 is 10.2. The SMILES string of the molecule is COC(=O)c1cccc(OC(=O)Nc2c(C)nc(CC(C)C)c(CN)c2-c2ccc(C)cc2)c1.Cl.Cl. The maximum absolute atomic E-state index is 12.9. The Bertz CT molecular complexity index is 1200. The van der Waals surface area contributed by atoms with Gasteiger partial charge in [-0.15, -0.1) is 24.8 Å². The fourth-order valence-electron chi connectivity index (χ4n) is 3.81. The summed E-state index contributed by atoms with van der Waals surface area (Å²) in [5.41, 5.74) is 12.4. The van der Waals surface area contributed by atoms with E-state index in [0.717, 1.165) is 34.4 Å². The molecular weight excluding hydrogens is 501 g/mol. The van der Waals surface area contributed by atoms with Crippen LogP contribution in [-0.2, 0) is 17.7 Å². The summed E-state index contributed by atoms with van der Waals surface area (Å²) in [5, 5.41) is 2.86. The number of esters is 1. The smallest absolute Gasteiger partial charge is 0.417 e. The van der Waals surface area contributed by atoms with Gasteiger partial charge in [-0.3, -0.25) is 10.3 Å². The highest BCUT2D eigenvalue weighted by Gasteiger charge is 2.21. The molecule has 2 aromatic carbocycles. The van der Waals surface area contributed by atoms with Gasteiger partial charge in [0.25, 0.3) is 0 Å². The van der Waals surface area contributed by atoms with Crippen LogP contribution in [0, 0.1) is 19.8 Å². The van der Waals surface area contributed by atoms with Crippen LogP contribution in [0.15, 0.2) is 48.5 Å². The van der Waals surface area contributed by atoms with Crippen molar-refractivity contribution in [1.82, 2.24) is 4.98 Å². The third-order valence-corrected chi connectivity index (χ3v) is 5.40. The zero-order chi connectivity index (χ0) is 24.8. The highest BCUT2D eigenvalue weighted by Crippen LogP contribution is 2.36. The average Bonchev–Trinajstić information content (AvgIpc) is 2.80. The molecule has 0 radical (unpaired) electrons. The minimum atomic E-state index is -0.695. The summed E-state index contributed by atoms with van der Waals surface area (Å²) in [7, 11) is 1.29. The molecule has 0 aliphatic heterocycles. The number of halogens is 2. The van der Waals surface area contributed by atoms with Crippen molar-refractivity contribution >= 4 is 42.6 Å². The van der Waals surface area contributed by atoms with Gasteiger partial charge in [-0.25, -0.2) is 9.59 Å². The molecule has 194 valence electrons. The first-order chi connectivity index (χ1) is 16.2. The number of benzene rings is 2. The molecule has 1 amide bonds. The van der Waals surface area contributed by atoms with Crippen LogP contribution in [-0.4, -0.2) is 24.2 Å². The summed E-state index contributed by atoms with van der Waals surface area (Å²) >= 11 is 0. The van der Waals surface area contributed by atoms with E-state index >= 15 is 0 Å². The Hall–Kier alpha value is -3.13. The highest BCUT2D eigenvalue weighted by atomic mass is 35.5. The van der Waals surface area contributed by atoms with Crippen molar-refractivity contribution in [3.05, 3.63) is 76.6 Å². The quantitative estimate of drug-likeness (QED) is 0.347. The number of carbonyl (C=O) groups is 2. The van der Waals surface area contributed by atoms with E-state index in [4.69, 9.17) is 20.2 Å². The second kappa shape index (κ2) is 13.8. The molecule has 9 heteroatoms. The minimum absolute atomic E-state index is 0. The fourth-order valence-corrected chi connectivity index (χ4v) is 3.81. The van der Waals surface area contributed by atoms with Crippen LogP contribution in [0.4, 0.5) is 10.5 Å². The number of amides is 1. The van der Waals surface area contributed by atoms with Crippen molar-refractivity contribution in [2.24, 2.45) is 11.7 Å². The van der Waals surface area contributed by atoms with Crippen molar-refractivity contribution in [2.45, 2.75) is 40.7 Å². The van der Waals surface area contributed by atoms with Gasteiger partial charge in [-0.05, 0) is 55.5 Å². The lowest BCUT2D eigenvalue weighted by molar-refractivity contribution is 0.0600. The standard InChI is InChI=1S/C27H31N3O4.2ClH/c1-16(2)13-23-22(15-28)24(19-11-9-17(3)10-12-19)25(18(4)29-23)30-27(32)34-21-8-6-7-20(14-21)26(31)33-5;;/h6-12,14,16H,13,15,28H2,1-5H3,(H,30,32);2*1H. The lowest BCUT2D eigenvalue weighted by atomic mass is 9.92. The number of pyridine rings is 1. The molecule has 0 atom stereocenters. The molecule has 0 fully saturated rings. The molecule has 3 N–H and O–H groups in total. The summed E-state index contributed by atoms with van der Waals surface area (Å²) in [6.07, 6.45) is 0.0805. The molecule has 1 aromatic heterocycles. The third kappa shape index (κ3) is 7.43. The largest absolute Gasteiger partial charge is 0.465 e. The van der Waals surface area contributed by atoms with E-state index in [-0.39, 0.29) is 42.7 Å². The van der Waals surface area contributed by atoms with Crippen molar-refractivity contribution in [2.75, 3.05) is 12.4 Å². The predicted molar refractivity (Wildman–Crippen MR) is 148 cm³/mol. The van der Waals surface area contributed by atoms with Gasteiger partial charge in [0.05, 0.1) is 24.1 Å². The van der Waals surface area contributed by atoms with E-state index in [1.807, 2.05) is 38.1 Å². The molecular formula is C27H33Cl2N3O4. The first kappa shape index (κ1) is 30.9. The lowest BCUT2D eigenvalue weighted by Gasteiger charge is -2.21. The molecule has 36 heavy (non-hydrogen) atoms. The Morgan fingerprint density at radius 1 is 1.06 bits per heavy atom. The van der Waals surface area contributed by atoms with E-state index in [1.54, 1.807) is 18.2 Å². The molecule has 1 heterocycles. The molecule has 0 saturated heterocycles. The Labute approximate surface area is 224 Å². The number of nitrogens with two attached hydrogens (primary N) is 1. The van der Waals surface area contributed by atoms with Gasteiger partial charge in [0.2, 0.25) is 0 Å². The zero-order valence-corrected chi connectivity index (χ0v) is 22.7. The van der Waals surface area contributed by atoms with Gasteiger partial charge in [-0.1, -0.05) is 49.7 Å². The second-order valence-corrected chi connectivity index (χ2v) is 8.57. The number of nitrogens with one attached hydrogen (secondary N) is 1. The number of aryl methyl sites for hydroxylation is 2. The molecule has 0 saturated carbocycles. The van der Waals surface area contributed by atoms with Gasteiger partial charge in [0.1, 0.15) is 5.75 Å². The van der Waals surface area contributed by atoms with E-state index < -0.39 is 12.1 Å². The monoisotopic (exact) mass is 533 g/mol. The highest BCUT2D eigenvalue weighted by molar-refractivity contribution is 5.95. The summed E-state index contributed by atoms with van der Waals surface area (Å²) in [6.45, 7) is 8.43. The van der Waals surface area contributed by atoms with Crippen LogP contribution in [0.2, 0.25) is 0 Å². The number of ether oxygens (including phenoxy) is 2. The first-order valence-corrected chi connectivity index (χ1v) is 11.2. The maximum atomic E-state index is 12.9. The van der Waals surface area contributed by atoms with Crippen LogP contribution in [0.1, 0.15) is 46.7 Å². The number of anilines is 1. The number of methoxy groups -OCH3 is 1. The van der Waals surface area contributed by atoms with Gasteiger partial charge in [-0.2, -0.15) is 0 Å². The number of aromatic nitrogens is 1. The van der Waals surface area contributed by atoms with E-state index in [9.17, 15) is 9.59 Å². The van der Waals surface area contributed by atoms with E-state index in [1.165, 1.54) is 13.2 Å². The van der Waals surface area contributed by atoms with Crippen molar-refractivity contribution in [3.8, 4) is 16.9 Å². The fraction of sp³-hybridized carbons (Fsp3) is 0.296. The van der Waals surface area contributed by atoms with Crippen molar-refractivity contribution in [1.29, 1.82) is 0 Å². The number of hydrogen-bond acceptors (Lipinski definition) is 6. The van der Waals surface area contributed by atoms with Crippen LogP contribution >= 0.6 is 24.8 Å². The van der Waals surface area contributed by atoms with Gasteiger partial charge in [0, 0.05) is 17.8 Å². The van der Waals surface area contributed by atoms with Crippen LogP contribution in [0.5, 0.6) is 5.75 Å². The first-order valence-electron chi connectivity index (χ1n) is 11.2. The van der Waals surface area contributed by atoms with Crippen LogP contribution < -0.4 is 15.8 Å². The predicted octanol–water partition coefficient (Wildman–Crippen LogP) is 6.26. The lowest BCUT2D eigenvalue weighted by Crippen LogP contribution is -2.20. The number of rotatable bonds is 7. The Kier molecular flexibility index (Phi) is 11.9. The van der Waals surface area contributed by atoms with E-state index in [2.05, 4.69) is 19.2 Å². The van der Waals surface area contributed by atoms with Gasteiger partial charge < -0.3 is 15.2 Å². The number of nitrogens with zero attached hydrogens (tertiary/aromatic N) is 1. The molecule has 0 bridgehead atoms. The summed E-state index contributed by atoms with van der Waals surface area (Å²) in [5.74, 6) is 0.105. The molecule has 7 nitrogen and oxygen atoms in total. The molecule has 3 rings (SSSR count). The second-order valence-electron chi connectivity index (χ2n) is 8.57. The normalized spacial score (nSPS) is 10.2. The Balaban J connectivity index is 0.00000324. The number of carbonyl (C=O) groups excluding carboxylic acids is 2. The van der Waals surface area contributed by atoms with Gasteiger partial charge >= 0.3 is 12.1 Å². The molecule has 0 aliphatic rings. The topological polar surface area (TPSA) is 104 Å². The third-order valence-electron chi connectivity index (χ3n) is 5.40. The van der Waals surface area contributed by atoms with E-state index in [0.29, 0.717) is 17.3 Å². The summed E-state index contributed by atoms with van der Waals surface area (Å²) in [4.78, 5) is 29.5. The molecule has 0 unspecified atom stereocenters. The molecule has 0 aliphatic carbocycles. The Morgan fingerprint density at radius 2 is 1.72 bits per heavy atom. The zero-order valence-electron chi connectivity index (χ0n) is 21.1. The van der Waals surface area contributed by atoms with Crippen LogP contribution in [0.3, 0.4) is 0 Å². The molecule has 3 aromatic rings. The van der Waals surface area contributed by atoms with Crippen molar-refractivity contribution in [3.63, 3.8) is 0 Å². The minimum Gasteiger partial charge on any atom is -0.465 e. The number of hydrogen-bond donors (Lipinski definition) is 2. The Morgan fingerprint density at radius 3 is 2.31 bits per heavy atom. The van der Waals surface area contributed by atoms with Crippen LogP contribution in [0.25, 0.3) is 11.1 Å². The average molecular weight is 534 g/mol. The van der Waals surface area contributed by atoms with Gasteiger partial charge in [0.15, 0.2) is 0 Å².